The van der Waals surface area contributed by atoms with E-state index in [2.05, 4.69) is 11.1 Å². The molecule has 0 unspecified atom stereocenters. The Kier molecular flexibility index (Phi) is 3.50. The van der Waals surface area contributed by atoms with Crippen molar-refractivity contribution in [2.75, 3.05) is 6.79 Å². The second-order valence-electron chi connectivity index (χ2n) is 6.22. The number of aliphatic imine (C=N–C) groups is 1. The Balaban J connectivity index is 1.70. The Morgan fingerprint density at radius 2 is 1.96 bits per heavy atom. The van der Waals surface area contributed by atoms with Gasteiger partial charge in [0.1, 0.15) is 11.3 Å². The van der Waals surface area contributed by atoms with Gasteiger partial charge in [-0.05, 0) is 32.1 Å². The van der Waals surface area contributed by atoms with Crippen molar-refractivity contribution < 1.29 is 14.2 Å². The first-order valence-corrected chi connectivity index (χ1v) is 8.04. The molecule has 0 bridgehead atoms. The molecule has 0 saturated heterocycles. The van der Waals surface area contributed by atoms with Gasteiger partial charge in [-0.3, -0.25) is 4.99 Å². The van der Waals surface area contributed by atoms with E-state index in [0.29, 0.717) is 16.5 Å². The monoisotopic (exact) mass is 341 g/mol. The SMILES string of the molecule is CC1(C)C=Cc2cccc(N=Cc3cc4c(cc3Cl)OCO4)c2O1. The highest BCUT2D eigenvalue weighted by Gasteiger charge is 2.23. The number of ether oxygens (including phenoxy) is 3. The van der Waals surface area contributed by atoms with Crippen molar-refractivity contribution in [3.05, 3.63) is 52.6 Å². The fraction of sp³-hybridized carbons (Fsp3) is 0.211. The molecule has 0 aromatic heterocycles. The molecule has 122 valence electrons. The van der Waals surface area contributed by atoms with Crippen molar-refractivity contribution in [1.82, 2.24) is 0 Å². The minimum absolute atomic E-state index is 0.216. The van der Waals surface area contributed by atoms with E-state index in [1.807, 2.05) is 44.2 Å². The van der Waals surface area contributed by atoms with Gasteiger partial charge >= 0.3 is 0 Å². The number of para-hydroxylation sites is 1. The van der Waals surface area contributed by atoms with Crippen LogP contribution in [0.4, 0.5) is 5.69 Å². The number of nitrogens with zero attached hydrogens (tertiary/aromatic N) is 1. The van der Waals surface area contributed by atoms with E-state index < -0.39 is 0 Å². The Morgan fingerprint density at radius 1 is 1.17 bits per heavy atom. The molecule has 4 rings (SSSR count). The van der Waals surface area contributed by atoms with Crippen LogP contribution in [0.25, 0.3) is 6.08 Å². The van der Waals surface area contributed by atoms with E-state index in [4.69, 9.17) is 25.8 Å². The van der Waals surface area contributed by atoms with Gasteiger partial charge in [-0.2, -0.15) is 0 Å². The maximum absolute atomic E-state index is 6.29. The maximum atomic E-state index is 6.29. The van der Waals surface area contributed by atoms with Crippen LogP contribution < -0.4 is 14.2 Å². The lowest BCUT2D eigenvalue weighted by atomic mass is 10.0. The van der Waals surface area contributed by atoms with Crippen molar-refractivity contribution in [2.45, 2.75) is 19.4 Å². The lowest BCUT2D eigenvalue weighted by Gasteiger charge is -2.28. The Hall–Kier alpha value is -2.46. The van der Waals surface area contributed by atoms with Crippen LogP contribution in [-0.2, 0) is 0 Å². The topological polar surface area (TPSA) is 40.0 Å². The van der Waals surface area contributed by atoms with E-state index in [-0.39, 0.29) is 12.4 Å². The largest absolute Gasteiger partial charge is 0.481 e. The van der Waals surface area contributed by atoms with Crippen molar-refractivity contribution in [2.24, 2.45) is 4.99 Å². The van der Waals surface area contributed by atoms with E-state index in [1.54, 1.807) is 12.3 Å². The van der Waals surface area contributed by atoms with Crippen LogP contribution in [0.3, 0.4) is 0 Å². The van der Waals surface area contributed by atoms with Crippen LogP contribution in [0.5, 0.6) is 17.2 Å². The van der Waals surface area contributed by atoms with E-state index in [0.717, 1.165) is 22.6 Å². The molecule has 0 radical (unpaired) electrons. The standard InChI is InChI=1S/C19H16ClNO3/c1-19(2)7-6-12-4-3-5-15(18(12)24-19)21-10-13-8-16-17(9-14(13)20)23-11-22-16/h3-10H,11H2,1-2H3. The van der Waals surface area contributed by atoms with Crippen molar-refractivity contribution >= 4 is 29.6 Å². The quantitative estimate of drug-likeness (QED) is 0.721. The molecule has 0 aliphatic carbocycles. The third-order valence-corrected chi connectivity index (χ3v) is 4.22. The summed E-state index contributed by atoms with van der Waals surface area (Å²) < 4.78 is 16.8. The lowest BCUT2D eigenvalue weighted by molar-refractivity contribution is 0.160. The predicted molar refractivity (Wildman–Crippen MR) is 95.0 cm³/mol. The molecule has 5 heteroatoms. The molecule has 2 aromatic rings. The third-order valence-electron chi connectivity index (χ3n) is 3.89. The zero-order valence-corrected chi connectivity index (χ0v) is 14.1. The second kappa shape index (κ2) is 5.56. The Bertz CT molecular complexity index is 871. The number of halogens is 1. The van der Waals surface area contributed by atoms with Crippen LogP contribution in [0.1, 0.15) is 25.0 Å². The molecule has 0 N–H and O–H groups in total. The molecule has 2 aliphatic heterocycles. The van der Waals surface area contributed by atoms with Gasteiger partial charge in [0.25, 0.3) is 0 Å². The first-order chi connectivity index (χ1) is 11.5. The first kappa shape index (κ1) is 15.1. The molecule has 2 heterocycles. The molecule has 2 aliphatic rings. The predicted octanol–water partition coefficient (Wildman–Crippen LogP) is 5.00. The fourth-order valence-corrected chi connectivity index (χ4v) is 2.85. The fourth-order valence-electron chi connectivity index (χ4n) is 2.64. The zero-order chi connectivity index (χ0) is 16.7. The molecule has 2 aromatic carbocycles. The van der Waals surface area contributed by atoms with Gasteiger partial charge in [-0.15, -0.1) is 0 Å². The number of hydrogen-bond donors (Lipinski definition) is 0. The van der Waals surface area contributed by atoms with Crippen LogP contribution in [0.15, 0.2) is 41.4 Å². The summed E-state index contributed by atoms with van der Waals surface area (Å²) in [5.41, 5.74) is 2.19. The normalized spacial score (nSPS) is 17.0. The van der Waals surface area contributed by atoms with Gasteiger partial charge in [-0.1, -0.05) is 29.8 Å². The number of rotatable bonds is 2. The number of hydrogen-bond acceptors (Lipinski definition) is 4. The molecule has 0 amide bonds. The summed E-state index contributed by atoms with van der Waals surface area (Å²) in [5.74, 6) is 2.11. The average Bonchev–Trinajstić information content (AvgIpc) is 2.99. The van der Waals surface area contributed by atoms with Crippen LogP contribution in [0.2, 0.25) is 5.02 Å². The summed E-state index contributed by atoms with van der Waals surface area (Å²) >= 11 is 6.29. The van der Waals surface area contributed by atoms with Gasteiger partial charge in [0, 0.05) is 23.4 Å². The summed E-state index contributed by atoms with van der Waals surface area (Å²) in [6.45, 7) is 4.25. The van der Waals surface area contributed by atoms with Gasteiger partial charge in [0.05, 0.1) is 5.02 Å². The van der Waals surface area contributed by atoms with Crippen LogP contribution in [0, 0.1) is 0 Å². The molecular formula is C19H16ClNO3. The maximum Gasteiger partial charge on any atom is 0.231 e. The summed E-state index contributed by atoms with van der Waals surface area (Å²) in [6.07, 6.45) is 5.82. The summed E-state index contributed by atoms with van der Waals surface area (Å²) in [7, 11) is 0. The molecule has 0 saturated carbocycles. The lowest BCUT2D eigenvalue weighted by Crippen LogP contribution is -2.27. The van der Waals surface area contributed by atoms with E-state index in [9.17, 15) is 0 Å². The highest BCUT2D eigenvalue weighted by atomic mass is 35.5. The molecule has 4 nitrogen and oxygen atoms in total. The Morgan fingerprint density at radius 3 is 2.79 bits per heavy atom. The molecule has 0 spiro atoms. The van der Waals surface area contributed by atoms with Crippen molar-refractivity contribution in [3.8, 4) is 17.2 Å². The minimum Gasteiger partial charge on any atom is -0.481 e. The smallest absolute Gasteiger partial charge is 0.231 e. The van der Waals surface area contributed by atoms with Crippen molar-refractivity contribution in [3.63, 3.8) is 0 Å². The minimum atomic E-state index is -0.352. The van der Waals surface area contributed by atoms with Gasteiger partial charge in [0.2, 0.25) is 6.79 Å². The highest BCUT2D eigenvalue weighted by Crippen LogP contribution is 2.39. The Labute approximate surface area is 145 Å². The second-order valence-corrected chi connectivity index (χ2v) is 6.63. The average molecular weight is 342 g/mol. The van der Waals surface area contributed by atoms with Crippen LogP contribution >= 0.6 is 11.6 Å². The third kappa shape index (κ3) is 2.74. The molecule has 0 fully saturated rings. The number of benzene rings is 2. The van der Waals surface area contributed by atoms with Crippen molar-refractivity contribution in [1.29, 1.82) is 0 Å². The van der Waals surface area contributed by atoms with Crippen LogP contribution in [-0.4, -0.2) is 18.6 Å². The van der Waals surface area contributed by atoms with Gasteiger partial charge in [0.15, 0.2) is 17.2 Å². The molecular weight excluding hydrogens is 326 g/mol. The molecule has 24 heavy (non-hydrogen) atoms. The highest BCUT2D eigenvalue weighted by molar-refractivity contribution is 6.33. The molecule has 0 atom stereocenters. The van der Waals surface area contributed by atoms with Gasteiger partial charge in [-0.25, -0.2) is 0 Å². The summed E-state index contributed by atoms with van der Waals surface area (Å²) in [4.78, 5) is 4.58. The summed E-state index contributed by atoms with van der Waals surface area (Å²) in [5, 5.41) is 0.564. The van der Waals surface area contributed by atoms with E-state index in [1.165, 1.54) is 0 Å². The zero-order valence-electron chi connectivity index (χ0n) is 13.4. The first-order valence-electron chi connectivity index (χ1n) is 7.66. The van der Waals surface area contributed by atoms with E-state index >= 15 is 0 Å². The number of fused-ring (bicyclic) bond motifs is 2. The summed E-state index contributed by atoms with van der Waals surface area (Å²) in [6, 6.07) is 9.46. The van der Waals surface area contributed by atoms with Gasteiger partial charge < -0.3 is 14.2 Å².